The Balaban J connectivity index is 2.11. The van der Waals surface area contributed by atoms with Crippen LogP contribution in [0.5, 0.6) is 11.5 Å². The third-order valence-electron chi connectivity index (χ3n) is 6.88. The van der Waals surface area contributed by atoms with Crippen molar-refractivity contribution >= 4 is 39.1 Å². The number of rotatable bonds is 14. The highest BCUT2D eigenvalue weighted by Crippen LogP contribution is 2.35. The normalized spacial score (nSPS) is 12.0. The van der Waals surface area contributed by atoms with Gasteiger partial charge in [0.05, 0.1) is 24.8 Å². The number of anilines is 1. The number of hydrogen-bond acceptors (Lipinski definition) is 6. The van der Waals surface area contributed by atoms with Gasteiger partial charge in [-0.3, -0.25) is 13.9 Å². The van der Waals surface area contributed by atoms with Gasteiger partial charge < -0.3 is 19.7 Å². The first-order chi connectivity index (χ1) is 20.4. The predicted molar refractivity (Wildman–Crippen MR) is 169 cm³/mol. The molecule has 0 bridgehead atoms. The maximum absolute atomic E-state index is 14.3. The number of hydrogen-bond donors (Lipinski definition) is 1. The van der Waals surface area contributed by atoms with Crippen molar-refractivity contribution in [3.05, 3.63) is 82.9 Å². The summed E-state index contributed by atoms with van der Waals surface area (Å²) in [7, 11) is -1.30. The molecule has 3 rings (SSSR count). The van der Waals surface area contributed by atoms with Crippen LogP contribution in [0.15, 0.2) is 71.6 Å². The molecule has 9 nitrogen and oxygen atoms in total. The molecular weight excluding hydrogens is 590 g/mol. The van der Waals surface area contributed by atoms with Crippen molar-refractivity contribution in [2.45, 2.75) is 51.6 Å². The molecule has 0 fully saturated rings. The Morgan fingerprint density at radius 3 is 2.16 bits per heavy atom. The van der Waals surface area contributed by atoms with Gasteiger partial charge in [0, 0.05) is 18.1 Å². The highest BCUT2D eigenvalue weighted by atomic mass is 35.5. The third-order valence-corrected chi connectivity index (χ3v) is 8.89. The van der Waals surface area contributed by atoms with Gasteiger partial charge >= 0.3 is 0 Å². The fourth-order valence-electron chi connectivity index (χ4n) is 4.48. The second-order valence-corrected chi connectivity index (χ2v) is 12.9. The summed E-state index contributed by atoms with van der Waals surface area (Å²) in [6, 6.07) is 17.2. The van der Waals surface area contributed by atoms with E-state index in [4.69, 9.17) is 21.1 Å². The van der Waals surface area contributed by atoms with E-state index in [9.17, 15) is 18.0 Å². The van der Waals surface area contributed by atoms with Crippen molar-refractivity contribution in [3.63, 3.8) is 0 Å². The van der Waals surface area contributed by atoms with Crippen molar-refractivity contribution in [2.24, 2.45) is 5.92 Å². The highest BCUT2D eigenvalue weighted by Gasteiger charge is 2.35. The molecule has 1 atom stereocenters. The molecule has 0 radical (unpaired) electrons. The van der Waals surface area contributed by atoms with E-state index in [1.54, 1.807) is 55.6 Å². The average Bonchev–Trinajstić information content (AvgIpc) is 2.99. The number of benzene rings is 3. The molecule has 0 aliphatic heterocycles. The van der Waals surface area contributed by atoms with Gasteiger partial charge in [0.25, 0.3) is 10.0 Å². The monoisotopic (exact) mass is 629 g/mol. The molecule has 0 aliphatic rings. The lowest BCUT2D eigenvalue weighted by Crippen LogP contribution is -2.52. The van der Waals surface area contributed by atoms with Crippen LogP contribution in [0.25, 0.3) is 0 Å². The van der Waals surface area contributed by atoms with Gasteiger partial charge in [-0.1, -0.05) is 62.2 Å². The summed E-state index contributed by atoms with van der Waals surface area (Å²) >= 11 is 6.31. The minimum Gasteiger partial charge on any atom is -0.497 e. The van der Waals surface area contributed by atoms with Crippen LogP contribution in [0.1, 0.15) is 38.3 Å². The van der Waals surface area contributed by atoms with E-state index in [-0.39, 0.29) is 39.7 Å². The fraction of sp³-hybridized carbons (Fsp3) is 0.375. The molecule has 11 heteroatoms. The molecule has 0 saturated heterocycles. The van der Waals surface area contributed by atoms with E-state index >= 15 is 0 Å². The number of carbonyl (C=O) groups is 2. The van der Waals surface area contributed by atoms with Gasteiger partial charge in [-0.15, -0.1) is 0 Å². The summed E-state index contributed by atoms with van der Waals surface area (Å²) < 4.78 is 40.0. The van der Waals surface area contributed by atoms with Crippen LogP contribution in [-0.2, 0) is 26.2 Å². The molecule has 0 aromatic heterocycles. The summed E-state index contributed by atoms with van der Waals surface area (Å²) in [5, 5.41) is 3.19. The minimum atomic E-state index is -4.27. The highest BCUT2D eigenvalue weighted by molar-refractivity contribution is 7.92. The maximum Gasteiger partial charge on any atom is 0.264 e. The Morgan fingerprint density at radius 1 is 0.953 bits per heavy atom. The average molecular weight is 630 g/mol. The first-order valence-corrected chi connectivity index (χ1v) is 15.9. The predicted octanol–water partition coefficient (Wildman–Crippen LogP) is 5.44. The summed E-state index contributed by atoms with van der Waals surface area (Å²) in [6.07, 6.45) is 0.316. The van der Waals surface area contributed by atoms with E-state index < -0.39 is 28.5 Å². The van der Waals surface area contributed by atoms with Crippen LogP contribution in [0.3, 0.4) is 0 Å². The molecule has 43 heavy (non-hydrogen) atoms. The molecule has 1 N–H and O–H groups in total. The van der Waals surface area contributed by atoms with Crippen molar-refractivity contribution < 1.29 is 27.5 Å². The van der Waals surface area contributed by atoms with E-state index in [1.807, 2.05) is 27.7 Å². The number of amides is 2. The van der Waals surface area contributed by atoms with Gasteiger partial charge in [0.2, 0.25) is 11.8 Å². The van der Waals surface area contributed by atoms with Gasteiger partial charge in [0.15, 0.2) is 0 Å². The first kappa shape index (κ1) is 33.7. The number of methoxy groups -OCH3 is 2. The maximum atomic E-state index is 14.3. The molecule has 0 aliphatic carbocycles. The van der Waals surface area contributed by atoms with Crippen molar-refractivity contribution in [1.29, 1.82) is 0 Å². The van der Waals surface area contributed by atoms with Gasteiger partial charge in [-0.2, -0.15) is 0 Å². The lowest BCUT2D eigenvalue weighted by atomic mass is 10.1. The lowest BCUT2D eigenvalue weighted by molar-refractivity contribution is -0.140. The SMILES string of the molecule is CC[C@H](C(=O)NCC(C)C)N(Cc1ccc(OC)cc1)C(=O)CN(c1cc(Cl)ccc1OC)S(=O)(=O)c1ccc(C)cc1. The summed E-state index contributed by atoms with van der Waals surface area (Å²) in [4.78, 5) is 29.0. The summed E-state index contributed by atoms with van der Waals surface area (Å²) in [5.74, 6) is 0.187. The third kappa shape index (κ3) is 8.64. The standard InChI is InChI=1S/C32H40ClN3O6S/c1-7-28(32(38)34-19-22(2)3)35(20-24-10-13-26(41-5)14-11-24)31(37)21-36(29-18-25(33)12-17-30(29)42-6)43(39,40)27-15-8-23(4)9-16-27/h8-18,22,28H,7,19-21H2,1-6H3,(H,34,38)/t28-/m1/s1. The van der Waals surface area contributed by atoms with E-state index in [0.29, 0.717) is 18.7 Å². The Bertz CT molecular complexity index is 1490. The van der Waals surface area contributed by atoms with Gasteiger partial charge in [0.1, 0.15) is 24.1 Å². The number of nitrogens with zero attached hydrogens (tertiary/aromatic N) is 2. The molecule has 0 unspecified atom stereocenters. The quantitative estimate of drug-likeness (QED) is 0.255. The fourth-order valence-corrected chi connectivity index (χ4v) is 6.06. The van der Waals surface area contributed by atoms with E-state index in [0.717, 1.165) is 15.4 Å². The number of sulfonamides is 1. The van der Waals surface area contributed by atoms with Crippen molar-refractivity contribution in [2.75, 3.05) is 31.6 Å². The van der Waals surface area contributed by atoms with E-state index in [2.05, 4.69) is 5.32 Å². The van der Waals surface area contributed by atoms with Crippen LogP contribution in [0.2, 0.25) is 5.02 Å². The molecule has 232 valence electrons. The molecule has 2 amide bonds. The van der Waals surface area contributed by atoms with Crippen LogP contribution in [-0.4, -0.2) is 58.5 Å². The number of ether oxygens (including phenoxy) is 2. The molecule has 3 aromatic carbocycles. The van der Waals surface area contributed by atoms with Crippen LogP contribution >= 0.6 is 11.6 Å². The molecule has 3 aromatic rings. The Morgan fingerprint density at radius 2 is 1.60 bits per heavy atom. The van der Waals surface area contributed by atoms with Crippen LogP contribution in [0.4, 0.5) is 5.69 Å². The Kier molecular flexibility index (Phi) is 11.9. The van der Waals surface area contributed by atoms with Crippen molar-refractivity contribution in [3.8, 4) is 11.5 Å². The molecular formula is C32H40ClN3O6S. The second kappa shape index (κ2) is 15.1. The van der Waals surface area contributed by atoms with Gasteiger partial charge in [-0.25, -0.2) is 8.42 Å². The van der Waals surface area contributed by atoms with Crippen LogP contribution in [0, 0.1) is 12.8 Å². The molecule has 0 saturated carbocycles. The topological polar surface area (TPSA) is 105 Å². The second-order valence-electron chi connectivity index (χ2n) is 10.6. The Hall–Kier alpha value is -3.76. The molecule has 0 heterocycles. The summed E-state index contributed by atoms with van der Waals surface area (Å²) in [6.45, 7) is 7.53. The number of carbonyl (C=O) groups excluding carboxylic acids is 2. The van der Waals surface area contributed by atoms with Crippen molar-refractivity contribution in [1.82, 2.24) is 10.2 Å². The number of aryl methyl sites for hydroxylation is 1. The smallest absolute Gasteiger partial charge is 0.264 e. The lowest BCUT2D eigenvalue weighted by Gasteiger charge is -2.33. The van der Waals surface area contributed by atoms with E-state index in [1.165, 1.54) is 30.2 Å². The van der Waals surface area contributed by atoms with Gasteiger partial charge in [-0.05, 0) is 67.3 Å². The number of halogens is 1. The zero-order valence-corrected chi connectivity index (χ0v) is 27.0. The largest absolute Gasteiger partial charge is 0.497 e. The zero-order chi connectivity index (χ0) is 31.7. The Labute approximate surface area is 259 Å². The first-order valence-electron chi connectivity index (χ1n) is 14.0. The molecule has 0 spiro atoms. The minimum absolute atomic E-state index is 0.00338. The zero-order valence-electron chi connectivity index (χ0n) is 25.5. The van der Waals surface area contributed by atoms with Crippen LogP contribution < -0.4 is 19.1 Å². The number of nitrogens with one attached hydrogen (secondary N) is 1. The summed E-state index contributed by atoms with van der Waals surface area (Å²) in [5.41, 5.74) is 1.73.